The molecule has 1 aliphatic rings. The van der Waals surface area contributed by atoms with Crippen molar-refractivity contribution in [1.82, 2.24) is 0 Å². The molecule has 0 radical (unpaired) electrons. The molecule has 0 aromatic heterocycles. The van der Waals surface area contributed by atoms with E-state index in [4.69, 9.17) is 9.47 Å². The maximum absolute atomic E-state index is 12.8. The summed E-state index contributed by atoms with van der Waals surface area (Å²) in [5.74, 6) is 0.451. The first-order valence-electron chi connectivity index (χ1n) is 8.23. The van der Waals surface area contributed by atoms with Crippen molar-refractivity contribution in [2.75, 3.05) is 11.9 Å². The predicted molar refractivity (Wildman–Crippen MR) is 90.8 cm³/mol. The maximum Gasteiger partial charge on any atom is 0.416 e. The highest BCUT2D eigenvalue weighted by Crippen LogP contribution is 2.38. The molecule has 4 nitrogen and oxygen atoms in total. The van der Waals surface area contributed by atoms with Gasteiger partial charge in [-0.25, -0.2) is 0 Å². The quantitative estimate of drug-likeness (QED) is 0.856. The summed E-state index contributed by atoms with van der Waals surface area (Å²) in [5.41, 5.74) is 0.374. The molecule has 1 amide bonds. The van der Waals surface area contributed by atoms with Crippen molar-refractivity contribution >= 4 is 11.6 Å². The second-order valence-electron chi connectivity index (χ2n) is 6.05. The summed E-state index contributed by atoms with van der Waals surface area (Å²) in [6, 6.07) is 7.72. The van der Waals surface area contributed by atoms with E-state index in [-0.39, 0.29) is 11.7 Å². The Labute approximate surface area is 148 Å². The molecular weight excluding hydrogens is 347 g/mol. The van der Waals surface area contributed by atoms with E-state index in [9.17, 15) is 18.0 Å². The lowest BCUT2D eigenvalue weighted by Gasteiger charge is -2.14. The molecule has 1 unspecified atom stereocenters. The first-order valence-corrected chi connectivity index (χ1v) is 8.23. The summed E-state index contributed by atoms with van der Waals surface area (Å²) >= 11 is 0. The molecule has 0 bridgehead atoms. The van der Waals surface area contributed by atoms with E-state index >= 15 is 0 Å². The van der Waals surface area contributed by atoms with Crippen molar-refractivity contribution in [3.63, 3.8) is 0 Å². The number of hydrogen-bond acceptors (Lipinski definition) is 3. The summed E-state index contributed by atoms with van der Waals surface area (Å²) in [5, 5.41) is 2.62. The molecule has 1 atom stereocenters. The molecule has 1 aliphatic heterocycles. The van der Waals surface area contributed by atoms with Crippen molar-refractivity contribution in [3.05, 3.63) is 53.1 Å². The molecule has 0 fully saturated rings. The molecule has 1 heterocycles. The largest absolute Gasteiger partial charge is 0.492 e. The zero-order valence-electron chi connectivity index (χ0n) is 14.3. The smallest absolute Gasteiger partial charge is 0.416 e. The van der Waals surface area contributed by atoms with E-state index in [1.54, 1.807) is 12.1 Å². The van der Waals surface area contributed by atoms with Gasteiger partial charge in [0.15, 0.2) is 0 Å². The molecular formula is C19H18F3NO3. The number of carbonyl (C=O) groups is 1. The van der Waals surface area contributed by atoms with Crippen LogP contribution in [0.5, 0.6) is 11.5 Å². The maximum atomic E-state index is 12.8. The van der Waals surface area contributed by atoms with Crippen LogP contribution in [-0.2, 0) is 12.6 Å². The Balaban J connectivity index is 1.89. The average molecular weight is 365 g/mol. The fraction of sp³-hybridized carbons (Fsp3) is 0.316. The van der Waals surface area contributed by atoms with Gasteiger partial charge in [0.2, 0.25) is 0 Å². The van der Waals surface area contributed by atoms with Gasteiger partial charge < -0.3 is 14.8 Å². The Morgan fingerprint density at radius 1 is 1.31 bits per heavy atom. The van der Waals surface area contributed by atoms with Gasteiger partial charge in [0.05, 0.1) is 17.9 Å². The molecule has 0 spiro atoms. The zero-order chi connectivity index (χ0) is 18.9. The molecule has 7 heteroatoms. The number of ether oxygens (including phenoxy) is 2. The van der Waals surface area contributed by atoms with Gasteiger partial charge in [-0.05, 0) is 38.1 Å². The van der Waals surface area contributed by atoms with E-state index in [0.717, 1.165) is 24.1 Å². The standard InChI is InChI=1S/C19H18F3NO3/c1-3-25-17-9-13-7-11(2)26-16(13)10-15(17)23-18(24)12-5-4-6-14(8-12)19(20,21)22/h4-6,8-11H,3,7H2,1-2H3,(H,23,24). The van der Waals surface area contributed by atoms with Crippen LogP contribution in [0.25, 0.3) is 0 Å². The summed E-state index contributed by atoms with van der Waals surface area (Å²) in [4.78, 5) is 12.4. The minimum absolute atomic E-state index is 0.0221. The second-order valence-corrected chi connectivity index (χ2v) is 6.05. The van der Waals surface area contributed by atoms with Gasteiger partial charge in [0.1, 0.15) is 17.6 Å². The number of hydrogen-bond donors (Lipinski definition) is 1. The van der Waals surface area contributed by atoms with Gasteiger partial charge in [-0.3, -0.25) is 4.79 Å². The normalized spacial score (nSPS) is 16.0. The highest BCUT2D eigenvalue weighted by molar-refractivity contribution is 6.05. The fourth-order valence-corrected chi connectivity index (χ4v) is 2.84. The van der Waals surface area contributed by atoms with Crippen LogP contribution in [0.4, 0.5) is 18.9 Å². The van der Waals surface area contributed by atoms with Crippen LogP contribution in [0, 0.1) is 0 Å². The van der Waals surface area contributed by atoms with Gasteiger partial charge >= 0.3 is 6.18 Å². The molecule has 0 aliphatic carbocycles. The van der Waals surface area contributed by atoms with Gasteiger partial charge in [-0.2, -0.15) is 13.2 Å². The molecule has 0 saturated carbocycles. The molecule has 0 saturated heterocycles. The Hall–Kier alpha value is -2.70. The lowest BCUT2D eigenvalue weighted by Crippen LogP contribution is -2.15. The Kier molecular flexibility index (Phi) is 4.80. The lowest BCUT2D eigenvalue weighted by molar-refractivity contribution is -0.137. The molecule has 2 aromatic carbocycles. The minimum atomic E-state index is -4.51. The van der Waals surface area contributed by atoms with Gasteiger partial charge in [-0.15, -0.1) is 0 Å². The molecule has 138 valence electrons. The zero-order valence-corrected chi connectivity index (χ0v) is 14.3. The van der Waals surface area contributed by atoms with Crippen LogP contribution in [0.1, 0.15) is 35.3 Å². The monoisotopic (exact) mass is 365 g/mol. The molecule has 2 aromatic rings. The Bertz CT molecular complexity index is 833. The molecule has 3 rings (SSSR count). The van der Waals surface area contributed by atoms with Crippen molar-refractivity contribution in [2.24, 2.45) is 0 Å². The summed E-state index contributed by atoms with van der Waals surface area (Å²) in [7, 11) is 0. The van der Waals surface area contributed by atoms with E-state index in [1.165, 1.54) is 12.1 Å². The average Bonchev–Trinajstić information content (AvgIpc) is 2.93. The van der Waals surface area contributed by atoms with E-state index in [0.29, 0.717) is 23.8 Å². The van der Waals surface area contributed by atoms with Crippen LogP contribution >= 0.6 is 0 Å². The highest BCUT2D eigenvalue weighted by atomic mass is 19.4. The number of fused-ring (bicyclic) bond motifs is 1. The third-order valence-electron chi connectivity index (χ3n) is 4.00. The lowest BCUT2D eigenvalue weighted by atomic mass is 10.1. The number of benzene rings is 2. The summed E-state index contributed by atoms with van der Waals surface area (Å²) in [6.07, 6.45) is -3.75. The Morgan fingerprint density at radius 2 is 2.08 bits per heavy atom. The summed E-state index contributed by atoms with van der Waals surface area (Å²) in [6.45, 7) is 4.13. The van der Waals surface area contributed by atoms with Crippen molar-refractivity contribution in [1.29, 1.82) is 0 Å². The molecule has 1 N–H and O–H groups in total. The number of nitrogens with one attached hydrogen (secondary N) is 1. The molecule has 26 heavy (non-hydrogen) atoms. The number of amides is 1. The number of alkyl halides is 3. The SMILES string of the molecule is CCOc1cc2c(cc1NC(=O)c1cccc(C(F)(F)F)c1)OC(C)C2. The first-order chi connectivity index (χ1) is 12.3. The van der Waals surface area contributed by atoms with Gasteiger partial charge in [0, 0.05) is 23.6 Å². The fourth-order valence-electron chi connectivity index (χ4n) is 2.84. The number of rotatable bonds is 4. The van der Waals surface area contributed by atoms with E-state index in [2.05, 4.69) is 5.32 Å². The number of carbonyl (C=O) groups excluding carboxylic acids is 1. The predicted octanol–water partition coefficient (Wildman–Crippen LogP) is 4.68. The van der Waals surface area contributed by atoms with Crippen molar-refractivity contribution in [2.45, 2.75) is 32.5 Å². The van der Waals surface area contributed by atoms with Gasteiger partial charge in [0.25, 0.3) is 5.91 Å². The van der Waals surface area contributed by atoms with Crippen LogP contribution in [0.15, 0.2) is 36.4 Å². The topological polar surface area (TPSA) is 47.6 Å². The first kappa shape index (κ1) is 18.1. The third-order valence-corrected chi connectivity index (χ3v) is 4.00. The number of anilines is 1. The van der Waals surface area contributed by atoms with Crippen LogP contribution in [0.2, 0.25) is 0 Å². The second kappa shape index (κ2) is 6.90. The van der Waals surface area contributed by atoms with E-state index in [1.807, 2.05) is 13.8 Å². The van der Waals surface area contributed by atoms with Crippen molar-refractivity contribution in [3.8, 4) is 11.5 Å². The Morgan fingerprint density at radius 3 is 2.77 bits per heavy atom. The van der Waals surface area contributed by atoms with E-state index < -0.39 is 17.6 Å². The van der Waals surface area contributed by atoms with Crippen molar-refractivity contribution < 1.29 is 27.4 Å². The third kappa shape index (κ3) is 3.76. The van der Waals surface area contributed by atoms with Gasteiger partial charge in [-0.1, -0.05) is 6.07 Å². The summed E-state index contributed by atoms with van der Waals surface area (Å²) < 4.78 is 49.8. The van der Waals surface area contributed by atoms with Crippen LogP contribution in [0.3, 0.4) is 0 Å². The number of halogens is 3. The van der Waals surface area contributed by atoms with Crippen LogP contribution < -0.4 is 14.8 Å². The minimum Gasteiger partial charge on any atom is -0.492 e. The van der Waals surface area contributed by atoms with Crippen LogP contribution in [-0.4, -0.2) is 18.6 Å². The highest BCUT2D eigenvalue weighted by Gasteiger charge is 2.31.